The number of halogens is 3. The van der Waals surface area contributed by atoms with Crippen LogP contribution >= 0.6 is 0 Å². The number of carbonyl (C=O) groups is 1. The summed E-state index contributed by atoms with van der Waals surface area (Å²) in [7, 11) is 0. The summed E-state index contributed by atoms with van der Waals surface area (Å²) in [5, 5.41) is 2.93. The largest absolute Gasteiger partial charge is 0.444 e. The summed E-state index contributed by atoms with van der Waals surface area (Å²) in [6, 6.07) is -0.126. The maximum Gasteiger partial charge on any atom is 0.419 e. The summed E-state index contributed by atoms with van der Waals surface area (Å²) in [6.07, 6.45) is -2.76. The van der Waals surface area contributed by atoms with Crippen molar-refractivity contribution in [3.63, 3.8) is 0 Å². The Balaban J connectivity index is 1.89. The lowest BCUT2D eigenvalue weighted by molar-refractivity contribution is -0.138. The standard InChI is InChI=1S/C14H19F3N4O2/c1-13(2,3)23-12(22)21-5-4-10(8-21)20-11-18-6-9(7-19-11)14(15,16)17/h6-7,10H,4-5,8H2,1-3H3,(H,18,19,20). The lowest BCUT2D eigenvalue weighted by Gasteiger charge is -2.24. The number of alkyl halides is 3. The molecule has 9 heteroatoms. The molecule has 1 unspecified atom stereocenters. The van der Waals surface area contributed by atoms with E-state index in [1.165, 1.54) is 0 Å². The number of aromatic nitrogens is 2. The van der Waals surface area contributed by atoms with Crippen LogP contribution in [0.25, 0.3) is 0 Å². The molecule has 0 bridgehead atoms. The van der Waals surface area contributed by atoms with Crippen molar-refractivity contribution in [2.24, 2.45) is 0 Å². The molecule has 0 aromatic carbocycles. The number of rotatable bonds is 2. The number of nitrogens with zero attached hydrogens (tertiary/aromatic N) is 3. The fourth-order valence-corrected chi connectivity index (χ4v) is 2.10. The van der Waals surface area contributed by atoms with Crippen LogP contribution in [0.1, 0.15) is 32.8 Å². The van der Waals surface area contributed by atoms with E-state index < -0.39 is 23.4 Å². The zero-order valence-corrected chi connectivity index (χ0v) is 13.1. The highest BCUT2D eigenvalue weighted by Gasteiger charge is 2.32. The van der Waals surface area contributed by atoms with Crippen LogP contribution in [-0.2, 0) is 10.9 Å². The van der Waals surface area contributed by atoms with Crippen LogP contribution in [0.4, 0.5) is 23.9 Å². The van der Waals surface area contributed by atoms with Crippen molar-refractivity contribution in [2.75, 3.05) is 18.4 Å². The van der Waals surface area contributed by atoms with Gasteiger partial charge in [0.15, 0.2) is 0 Å². The molecule has 6 nitrogen and oxygen atoms in total. The van der Waals surface area contributed by atoms with Crippen LogP contribution in [0, 0.1) is 0 Å². The number of hydrogen-bond acceptors (Lipinski definition) is 5. The molecule has 1 aliphatic rings. The van der Waals surface area contributed by atoms with Gasteiger partial charge in [0.25, 0.3) is 0 Å². The third-order valence-electron chi connectivity index (χ3n) is 3.15. The van der Waals surface area contributed by atoms with Gasteiger partial charge in [-0.3, -0.25) is 0 Å². The Hall–Kier alpha value is -2.06. The van der Waals surface area contributed by atoms with Crippen LogP contribution in [0.15, 0.2) is 12.4 Å². The highest BCUT2D eigenvalue weighted by atomic mass is 19.4. The molecule has 1 N–H and O–H groups in total. The minimum absolute atomic E-state index is 0.106. The van der Waals surface area contributed by atoms with Crippen LogP contribution < -0.4 is 5.32 Å². The van der Waals surface area contributed by atoms with Crippen molar-refractivity contribution in [1.82, 2.24) is 14.9 Å². The second kappa shape index (κ2) is 6.21. The van der Waals surface area contributed by atoms with E-state index in [2.05, 4.69) is 15.3 Å². The smallest absolute Gasteiger partial charge is 0.419 e. The quantitative estimate of drug-likeness (QED) is 0.902. The predicted molar refractivity (Wildman–Crippen MR) is 76.9 cm³/mol. The van der Waals surface area contributed by atoms with Gasteiger partial charge in [0.05, 0.1) is 5.56 Å². The van der Waals surface area contributed by atoms with Gasteiger partial charge in [0.1, 0.15) is 5.60 Å². The fraction of sp³-hybridized carbons (Fsp3) is 0.643. The van der Waals surface area contributed by atoms with Gasteiger partial charge in [-0.25, -0.2) is 14.8 Å². The van der Waals surface area contributed by atoms with Gasteiger partial charge in [-0.05, 0) is 27.2 Å². The third kappa shape index (κ3) is 4.97. The SMILES string of the molecule is CC(C)(C)OC(=O)N1CCC(Nc2ncc(C(F)(F)F)cn2)C1. The number of ether oxygens (including phenoxy) is 1. The average molecular weight is 332 g/mol. The van der Waals surface area contributed by atoms with Crippen molar-refractivity contribution in [2.45, 2.75) is 45.0 Å². The van der Waals surface area contributed by atoms with Crippen LogP contribution in [0.5, 0.6) is 0 Å². The van der Waals surface area contributed by atoms with E-state index in [0.717, 1.165) is 12.4 Å². The van der Waals surface area contributed by atoms with Crippen LogP contribution in [0.2, 0.25) is 0 Å². The van der Waals surface area contributed by atoms with Gasteiger partial charge in [-0.2, -0.15) is 13.2 Å². The van der Waals surface area contributed by atoms with E-state index in [0.29, 0.717) is 19.5 Å². The summed E-state index contributed by atoms with van der Waals surface area (Å²) < 4.78 is 42.6. The molecule has 23 heavy (non-hydrogen) atoms. The number of nitrogens with one attached hydrogen (secondary N) is 1. The zero-order valence-electron chi connectivity index (χ0n) is 13.1. The van der Waals surface area contributed by atoms with E-state index in [9.17, 15) is 18.0 Å². The van der Waals surface area contributed by atoms with E-state index >= 15 is 0 Å². The molecule has 1 aliphatic heterocycles. The molecule has 1 saturated heterocycles. The molecule has 2 heterocycles. The topological polar surface area (TPSA) is 67.3 Å². The van der Waals surface area contributed by atoms with Gasteiger partial charge in [-0.1, -0.05) is 0 Å². The fourth-order valence-electron chi connectivity index (χ4n) is 2.10. The maximum absolute atomic E-state index is 12.4. The van der Waals surface area contributed by atoms with Gasteiger partial charge in [-0.15, -0.1) is 0 Å². The molecule has 1 fully saturated rings. The number of anilines is 1. The van der Waals surface area contributed by atoms with Crippen molar-refractivity contribution < 1.29 is 22.7 Å². The first-order valence-electron chi connectivity index (χ1n) is 7.18. The molecular weight excluding hydrogens is 313 g/mol. The molecule has 1 atom stereocenters. The summed E-state index contributed by atoms with van der Waals surface area (Å²) in [6.45, 7) is 6.25. The molecule has 2 rings (SSSR count). The zero-order chi connectivity index (χ0) is 17.3. The molecule has 1 aromatic heterocycles. The van der Waals surface area contributed by atoms with Crippen molar-refractivity contribution in [3.8, 4) is 0 Å². The highest BCUT2D eigenvalue weighted by Crippen LogP contribution is 2.28. The number of likely N-dealkylation sites (tertiary alicyclic amines) is 1. The van der Waals surface area contributed by atoms with E-state index in [4.69, 9.17) is 4.74 Å². The van der Waals surface area contributed by atoms with Crippen LogP contribution in [-0.4, -0.2) is 45.7 Å². The Morgan fingerprint density at radius 3 is 2.43 bits per heavy atom. The van der Waals surface area contributed by atoms with Crippen molar-refractivity contribution in [1.29, 1.82) is 0 Å². The summed E-state index contributed by atoms with van der Waals surface area (Å²) >= 11 is 0. The van der Waals surface area contributed by atoms with Gasteiger partial charge in [0.2, 0.25) is 5.95 Å². The Labute approximate surface area is 132 Å². The molecule has 0 radical (unpaired) electrons. The van der Waals surface area contributed by atoms with Gasteiger partial charge < -0.3 is 15.0 Å². The molecule has 0 spiro atoms. The Kier molecular flexibility index (Phi) is 4.67. The molecule has 1 amide bonds. The molecular formula is C14H19F3N4O2. The summed E-state index contributed by atoms with van der Waals surface area (Å²) in [5.41, 5.74) is -1.47. The summed E-state index contributed by atoms with van der Waals surface area (Å²) in [4.78, 5) is 20.8. The van der Waals surface area contributed by atoms with Crippen LogP contribution in [0.3, 0.4) is 0 Å². The van der Waals surface area contributed by atoms with Crippen molar-refractivity contribution >= 4 is 12.0 Å². The Bertz CT molecular complexity index is 555. The van der Waals surface area contributed by atoms with Gasteiger partial charge >= 0.3 is 12.3 Å². The Morgan fingerprint density at radius 2 is 1.91 bits per heavy atom. The molecule has 1 aromatic rings. The monoisotopic (exact) mass is 332 g/mol. The van der Waals surface area contributed by atoms with Crippen molar-refractivity contribution in [3.05, 3.63) is 18.0 Å². The average Bonchev–Trinajstić information content (AvgIpc) is 2.85. The molecule has 128 valence electrons. The lowest BCUT2D eigenvalue weighted by Crippen LogP contribution is -2.36. The second-order valence-corrected chi connectivity index (χ2v) is 6.35. The van der Waals surface area contributed by atoms with E-state index in [-0.39, 0.29) is 12.0 Å². The third-order valence-corrected chi connectivity index (χ3v) is 3.15. The maximum atomic E-state index is 12.4. The molecule has 0 aliphatic carbocycles. The van der Waals surface area contributed by atoms with E-state index in [1.54, 1.807) is 25.7 Å². The van der Waals surface area contributed by atoms with E-state index in [1.807, 2.05) is 0 Å². The second-order valence-electron chi connectivity index (χ2n) is 6.35. The number of amides is 1. The lowest BCUT2D eigenvalue weighted by atomic mass is 10.2. The minimum Gasteiger partial charge on any atom is -0.444 e. The first kappa shape index (κ1) is 17.3. The molecule has 0 saturated carbocycles. The van der Waals surface area contributed by atoms with Gasteiger partial charge in [0, 0.05) is 31.5 Å². The number of hydrogen-bond donors (Lipinski definition) is 1. The first-order chi connectivity index (χ1) is 10.5. The minimum atomic E-state index is -4.46. The number of carbonyl (C=O) groups excluding carboxylic acids is 1. The summed E-state index contributed by atoms with van der Waals surface area (Å²) in [5.74, 6) is 0.106. The first-order valence-corrected chi connectivity index (χ1v) is 7.18. The Morgan fingerprint density at radius 1 is 1.30 bits per heavy atom. The predicted octanol–water partition coefficient (Wildman–Crippen LogP) is 2.92. The highest BCUT2D eigenvalue weighted by molar-refractivity contribution is 5.68. The normalized spacial score (nSPS) is 18.9.